The number of aromatic nitrogens is 3. The van der Waals surface area contributed by atoms with Crippen LogP contribution in [-0.2, 0) is 13.6 Å². The zero-order valence-corrected chi connectivity index (χ0v) is 15.6. The molecular weight excluding hydrogens is 342 g/mol. The number of rotatable bonds is 3. The van der Waals surface area contributed by atoms with E-state index in [-0.39, 0.29) is 24.2 Å². The van der Waals surface area contributed by atoms with Gasteiger partial charge in [-0.05, 0) is 36.4 Å². The number of hydrogen-bond donors (Lipinski definition) is 1. The van der Waals surface area contributed by atoms with Crippen molar-refractivity contribution in [3.8, 4) is 0 Å². The van der Waals surface area contributed by atoms with Gasteiger partial charge in [-0.25, -0.2) is 4.79 Å². The minimum absolute atomic E-state index is 0.0830. The van der Waals surface area contributed by atoms with Crippen LogP contribution < -0.4 is 10.9 Å². The van der Waals surface area contributed by atoms with Gasteiger partial charge in [-0.1, -0.05) is 18.2 Å². The van der Waals surface area contributed by atoms with Crippen LogP contribution in [0.15, 0.2) is 47.5 Å². The summed E-state index contributed by atoms with van der Waals surface area (Å²) in [5.41, 5.74) is 2.50. The van der Waals surface area contributed by atoms with Crippen molar-refractivity contribution in [2.24, 2.45) is 7.05 Å². The third-order valence-corrected chi connectivity index (χ3v) is 5.19. The van der Waals surface area contributed by atoms with Crippen LogP contribution in [0.1, 0.15) is 23.6 Å². The number of carbonyl (C=O) groups excluding carboxylic acids is 1. The van der Waals surface area contributed by atoms with Gasteiger partial charge in [0.25, 0.3) is 5.56 Å². The van der Waals surface area contributed by atoms with Gasteiger partial charge in [0.2, 0.25) is 0 Å². The molecule has 1 atom stereocenters. The number of aryl methyl sites for hydroxylation is 2. The van der Waals surface area contributed by atoms with Crippen molar-refractivity contribution in [3.05, 3.63) is 64.2 Å². The average Bonchev–Trinajstić information content (AvgIpc) is 3.32. The summed E-state index contributed by atoms with van der Waals surface area (Å²) in [4.78, 5) is 26.9. The Balaban J connectivity index is 1.43. The minimum atomic E-state index is -0.142. The smallest absolute Gasteiger partial charge is 0.317 e. The molecule has 1 saturated heterocycles. The Labute approximate surface area is 157 Å². The lowest BCUT2D eigenvalue weighted by Gasteiger charge is -2.18. The molecule has 3 aromatic rings. The van der Waals surface area contributed by atoms with Gasteiger partial charge in [0.15, 0.2) is 0 Å². The highest BCUT2D eigenvalue weighted by Crippen LogP contribution is 2.21. The summed E-state index contributed by atoms with van der Waals surface area (Å²) in [6.07, 6.45) is 4.72. The highest BCUT2D eigenvalue weighted by atomic mass is 16.2. The third kappa shape index (κ3) is 3.32. The number of para-hydroxylation sites is 1. The Bertz CT molecular complexity index is 1050. The van der Waals surface area contributed by atoms with E-state index in [0.717, 1.165) is 22.9 Å². The lowest BCUT2D eigenvalue weighted by Crippen LogP contribution is -2.39. The minimum Gasteiger partial charge on any atom is -0.334 e. The van der Waals surface area contributed by atoms with Gasteiger partial charge in [0.1, 0.15) is 0 Å². The van der Waals surface area contributed by atoms with Gasteiger partial charge in [-0.3, -0.25) is 9.48 Å². The van der Waals surface area contributed by atoms with Gasteiger partial charge >= 0.3 is 6.03 Å². The van der Waals surface area contributed by atoms with Crippen molar-refractivity contribution in [2.75, 3.05) is 13.1 Å². The Morgan fingerprint density at radius 1 is 1.33 bits per heavy atom. The van der Waals surface area contributed by atoms with E-state index in [1.807, 2.05) is 54.3 Å². The molecule has 2 aromatic heterocycles. The normalized spacial score (nSPS) is 16.8. The molecule has 1 unspecified atom stereocenters. The summed E-state index contributed by atoms with van der Waals surface area (Å²) in [5.74, 6) is 0. The molecule has 7 nitrogen and oxygen atoms in total. The SMILES string of the molecule is Cc1cnn(C2CCN(C(=O)NCc3cc4ccccc4n(C)c3=O)C2)c1. The molecule has 4 rings (SSSR count). The maximum absolute atomic E-state index is 12.5. The Morgan fingerprint density at radius 2 is 2.15 bits per heavy atom. The molecule has 1 aliphatic rings. The molecule has 1 aliphatic heterocycles. The molecule has 27 heavy (non-hydrogen) atoms. The van der Waals surface area contributed by atoms with Gasteiger partial charge in [-0.2, -0.15) is 5.10 Å². The molecule has 7 heteroatoms. The van der Waals surface area contributed by atoms with Crippen LogP contribution in [0.4, 0.5) is 4.79 Å². The average molecular weight is 365 g/mol. The number of nitrogens with zero attached hydrogens (tertiary/aromatic N) is 4. The molecule has 0 aliphatic carbocycles. The maximum atomic E-state index is 12.5. The highest BCUT2D eigenvalue weighted by Gasteiger charge is 2.27. The maximum Gasteiger partial charge on any atom is 0.317 e. The van der Waals surface area contributed by atoms with Crippen molar-refractivity contribution >= 4 is 16.9 Å². The first kappa shape index (κ1) is 17.3. The van der Waals surface area contributed by atoms with Gasteiger partial charge in [0, 0.05) is 38.4 Å². The second kappa shape index (κ2) is 6.90. The molecule has 0 bridgehead atoms. The zero-order valence-electron chi connectivity index (χ0n) is 15.6. The molecule has 2 amide bonds. The van der Waals surface area contributed by atoms with Crippen LogP contribution in [0.2, 0.25) is 0 Å². The molecule has 0 spiro atoms. The number of fused-ring (bicyclic) bond motifs is 1. The molecule has 1 aromatic carbocycles. The summed E-state index contributed by atoms with van der Waals surface area (Å²) < 4.78 is 3.56. The summed E-state index contributed by atoms with van der Waals surface area (Å²) in [6, 6.07) is 9.66. The highest BCUT2D eigenvalue weighted by molar-refractivity contribution is 5.80. The molecular formula is C20H23N5O2. The quantitative estimate of drug-likeness (QED) is 0.773. The summed E-state index contributed by atoms with van der Waals surface area (Å²) in [5, 5.41) is 8.23. The number of urea groups is 1. The van der Waals surface area contributed by atoms with Gasteiger partial charge < -0.3 is 14.8 Å². The summed E-state index contributed by atoms with van der Waals surface area (Å²) in [6.45, 7) is 3.54. The van der Waals surface area contributed by atoms with Gasteiger partial charge in [0.05, 0.1) is 17.8 Å². The summed E-state index contributed by atoms with van der Waals surface area (Å²) in [7, 11) is 1.76. The second-order valence-electron chi connectivity index (χ2n) is 7.14. The molecule has 140 valence electrons. The number of amides is 2. The van der Waals surface area contributed by atoms with Crippen LogP contribution in [0.5, 0.6) is 0 Å². The largest absolute Gasteiger partial charge is 0.334 e. The predicted molar refractivity (Wildman–Crippen MR) is 104 cm³/mol. The fourth-order valence-corrected chi connectivity index (χ4v) is 3.67. The second-order valence-corrected chi connectivity index (χ2v) is 7.14. The van der Waals surface area contributed by atoms with E-state index < -0.39 is 0 Å². The van der Waals surface area contributed by atoms with Gasteiger partial charge in [-0.15, -0.1) is 0 Å². The predicted octanol–water partition coefficient (Wildman–Crippen LogP) is 2.20. The number of hydrogen-bond acceptors (Lipinski definition) is 3. The van der Waals surface area contributed by atoms with Crippen LogP contribution in [0.3, 0.4) is 0 Å². The monoisotopic (exact) mass is 365 g/mol. The van der Waals surface area contributed by atoms with E-state index in [4.69, 9.17) is 0 Å². The Hall–Kier alpha value is -3.09. The van der Waals surface area contributed by atoms with Crippen LogP contribution >= 0.6 is 0 Å². The number of nitrogens with one attached hydrogen (secondary N) is 1. The third-order valence-electron chi connectivity index (χ3n) is 5.19. The lowest BCUT2D eigenvalue weighted by atomic mass is 10.1. The molecule has 3 heterocycles. The van der Waals surface area contributed by atoms with Crippen molar-refractivity contribution < 1.29 is 4.79 Å². The first-order chi connectivity index (χ1) is 13.0. The van der Waals surface area contributed by atoms with E-state index in [2.05, 4.69) is 10.4 Å². The molecule has 0 saturated carbocycles. The Morgan fingerprint density at radius 3 is 2.93 bits per heavy atom. The number of carbonyl (C=O) groups is 1. The van der Waals surface area contributed by atoms with E-state index in [9.17, 15) is 9.59 Å². The lowest BCUT2D eigenvalue weighted by molar-refractivity contribution is 0.206. The molecule has 0 radical (unpaired) electrons. The van der Waals surface area contributed by atoms with E-state index in [0.29, 0.717) is 18.7 Å². The van der Waals surface area contributed by atoms with Crippen LogP contribution in [-0.4, -0.2) is 38.4 Å². The first-order valence-electron chi connectivity index (χ1n) is 9.14. The first-order valence-corrected chi connectivity index (χ1v) is 9.14. The standard InChI is InChI=1S/C20H23N5O2/c1-14-10-22-25(12-14)17-7-8-24(13-17)20(27)21-11-16-9-15-5-3-4-6-18(15)23(2)19(16)26/h3-6,9-10,12,17H,7-8,11,13H2,1-2H3,(H,21,27). The van der Waals surface area contributed by atoms with Crippen molar-refractivity contribution in [3.63, 3.8) is 0 Å². The topological polar surface area (TPSA) is 72.2 Å². The fraction of sp³-hybridized carbons (Fsp3) is 0.350. The van der Waals surface area contributed by atoms with Crippen molar-refractivity contribution in [2.45, 2.75) is 25.9 Å². The van der Waals surface area contributed by atoms with E-state index in [1.54, 1.807) is 16.5 Å². The van der Waals surface area contributed by atoms with E-state index in [1.165, 1.54) is 0 Å². The van der Waals surface area contributed by atoms with Crippen LogP contribution in [0.25, 0.3) is 10.9 Å². The molecule has 1 fully saturated rings. The summed E-state index contributed by atoms with van der Waals surface area (Å²) >= 11 is 0. The van der Waals surface area contributed by atoms with Crippen molar-refractivity contribution in [1.29, 1.82) is 0 Å². The van der Waals surface area contributed by atoms with E-state index >= 15 is 0 Å². The molecule has 1 N–H and O–H groups in total. The number of pyridine rings is 1. The Kier molecular flexibility index (Phi) is 4.43. The van der Waals surface area contributed by atoms with Crippen molar-refractivity contribution in [1.82, 2.24) is 24.6 Å². The number of likely N-dealkylation sites (tertiary alicyclic amines) is 1. The number of benzene rings is 1. The zero-order chi connectivity index (χ0) is 19.0. The van der Waals surface area contributed by atoms with Crippen LogP contribution in [0, 0.1) is 6.92 Å². The fourth-order valence-electron chi connectivity index (χ4n) is 3.67.